The predicted octanol–water partition coefficient (Wildman–Crippen LogP) is 2.41. The fourth-order valence-electron chi connectivity index (χ4n) is 1.80. The van der Waals surface area contributed by atoms with E-state index in [-0.39, 0.29) is 12.2 Å². The fourth-order valence-corrected chi connectivity index (χ4v) is 1.80. The van der Waals surface area contributed by atoms with Gasteiger partial charge in [-0.05, 0) is 39.3 Å². The highest BCUT2D eigenvalue weighted by Crippen LogP contribution is 2.11. The minimum atomic E-state index is -1.17. The van der Waals surface area contributed by atoms with Crippen molar-refractivity contribution in [2.45, 2.75) is 45.8 Å². The molecule has 0 aliphatic heterocycles. The zero-order chi connectivity index (χ0) is 16.9. The Bertz CT molecular complexity index is 574. The third-order valence-corrected chi connectivity index (χ3v) is 2.76. The molecule has 1 rings (SSSR count). The van der Waals surface area contributed by atoms with Crippen molar-refractivity contribution in [3.8, 4) is 0 Å². The second-order valence-electron chi connectivity index (χ2n) is 6.00. The van der Waals surface area contributed by atoms with Gasteiger partial charge in [-0.25, -0.2) is 9.59 Å². The Morgan fingerprint density at radius 1 is 1.27 bits per heavy atom. The van der Waals surface area contributed by atoms with E-state index in [4.69, 9.17) is 4.74 Å². The minimum absolute atomic E-state index is 0.0652. The van der Waals surface area contributed by atoms with E-state index in [1.165, 1.54) is 6.92 Å². The molecule has 0 radical (unpaired) electrons. The molecule has 0 unspecified atom stereocenters. The van der Waals surface area contributed by atoms with Gasteiger partial charge in [0.25, 0.3) is 0 Å². The summed E-state index contributed by atoms with van der Waals surface area (Å²) in [5, 5.41) is 11.5. The number of benzene rings is 1. The van der Waals surface area contributed by atoms with Crippen LogP contribution in [0.2, 0.25) is 0 Å². The summed E-state index contributed by atoms with van der Waals surface area (Å²) < 4.78 is 5.05. The number of rotatable bonds is 5. The highest BCUT2D eigenvalue weighted by atomic mass is 16.6. The molecule has 0 fully saturated rings. The molecule has 0 spiro atoms. The van der Waals surface area contributed by atoms with Gasteiger partial charge in [-0.3, -0.25) is 4.79 Å². The van der Waals surface area contributed by atoms with Crippen molar-refractivity contribution in [2.75, 3.05) is 0 Å². The van der Waals surface area contributed by atoms with Gasteiger partial charge in [0.05, 0.1) is 0 Å². The van der Waals surface area contributed by atoms with Gasteiger partial charge < -0.3 is 15.2 Å². The Hall–Kier alpha value is -2.37. The Kier molecular flexibility index (Phi) is 5.68. The Morgan fingerprint density at radius 3 is 2.41 bits per heavy atom. The third kappa shape index (κ3) is 5.95. The van der Waals surface area contributed by atoms with E-state index in [2.05, 4.69) is 5.32 Å². The third-order valence-electron chi connectivity index (χ3n) is 2.76. The van der Waals surface area contributed by atoms with Gasteiger partial charge in [0.2, 0.25) is 0 Å². The standard InChI is InChI=1S/C16H21NO5/c1-10(18)12-7-5-6-11(8-12)9-13(14(19)20)17-15(21)22-16(2,3)4/h5-8,13H,9H2,1-4H3,(H,17,21)(H,19,20)/t13-/m1/s1. The number of nitrogens with one attached hydrogen (secondary N) is 1. The summed E-state index contributed by atoms with van der Waals surface area (Å²) in [6.07, 6.45) is -0.724. The summed E-state index contributed by atoms with van der Waals surface area (Å²) in [6, 6.07) is 5.53. The van der Waals surface area contributed by atoms with Crippen LogP contribution in [0.1, 0.15) is 43.6 Å². The molecular weight excluding hydrogens is 286 g/mol. The molecule has 1 aromatic carbocycles. The van der Waals surface area contributed by atoms with Crippen LogP contribution in [0.4, 0.5) is 4.79 Å². The van der Waals surface area contributed by atoms with Crippen LogP contribution in [0, 0.1) is 0 Å². The molecule has 0 saturated heterocycles. The van der Waals surface area contributed by atoms with Crippen LogP contribution < -0.4 is 5.32 Å². The van der Waals surface area contributed by atoms with Crippen LogP contribution in [-0.4, -0.2) is 34.6 Å². The maximum atomic E-state index is 11.7. The lowest BCUT2D eigenvalue weighted by Gasteiger charge is -2.22. The number of carboxylic acid groups (broad SMARTS) is 1. The number of aliphatic carboxylic acids is 1. The van der Waals surface area contributed by atoms with Crippen molar-refractivity contribution in [3.05, 3.63) is 35.4 Å². The van der Waals surface area contributed by atoms with Gasteiger partial charge in [-0.15, -0.1) is 0 Å². The molecule has 1 aromatic rings. The molecular formula is C16H21NO5. The number of Topliss-reactive ketones (excluding diaryl/α,β-unsaturated/α-hetero) is 1. The molecule has 22 heavy (non-hydrogen) atoms. The second-order valence-corrected chi connectivity index (χ2v) is 6.00. The maximum absolute atomic E-state index is 11.7. The maximum Gasteiger partial charge on any atom is 0.408 e. The molecule has 0 aliphatic rings. The highest BCUT2D eigenvalue weighted by Gasteiger charge is 2.24. The lowest BCUT2D eigenvalue weighted by atomic mass is 10.0. The topological polar surface area (TPSA) is 92.7 Å². The first-order valence-electron chi connectivity index (χ1n) is 6.90. The van der Waals surface area contributed by atoms with Crippen molar-refractivity contribution in [1.29, 1.82) is 0 Å². The van der Waals surface area contributed by atoms with Crippen molar-refractivity contribution < 1.29 is 24.2 Å². The number of carboxylic acids is 1. The minimum Gasteiger partial charge on any atom is -0.480 e. The molecule has 0 aliphatic carbocycles. The Morgan fingerprint density at radius 2 is 1.91 bits per heavy atom. The van der Waals surface area contributed by atoms with Gasteiger partial charge in [0, 0.05) is 12.0 Å². The van der Waals surface area contributed by atoms with E-state index in [9.17, 15) is 19.5 Å². The molecule has 1 atom stereocenters. The molecule has 2 N–H and O–H groups in total. The van der Waals surface area contributed by atoms with Crippen LogP contribution >= 0.6 is 0 Å². The lowest BCUT2D eigenvalue weighted by molar-refractivity contribution is -0.139. The predicted molar refractivity (Wildman–Crippen MR) is 80.9 cm³/mol. The lowest BCUT2D eigenvalue weighted by Crippen LogP contribution is -2.44. The SMILES string of the molecule is CC(=O)c1cccc(C[C@@H](NC(=O)OC(C)(C)C)C(=O)O)c1. The van der Waals surface area contributed by atoms with Gasteiger partial charge in [-0.1, -0.05) is 18.2 Å². The first kappa shape index (κ1) is 17.7. The number of alkyl carbamates (subject to hydrolysis) is 1. The van der Waals surface area contributed by atoms with Crippen LogP contribution in [0.5, 0.6) is 0 Å². The smallest absolute Gasteiger partial charge is 0.408 e. The molecule has 1 amide bonds. The summed E-state index contributed by atoms with van der Waals surface area (Å²) in [6.45, 7) is 6.52. The first-order chi connectivity index (χ1) is 10.1. The van der Waals surface area contributed by atoms with Crippen LogP contribution in [0.25, 0.3) is 0 Å². The van der Waals surface area contributed by atoms with E-state index < -0.39 is 23.7 Å². The van der Waals surface area contributed by atoms with Gasteiger partial charge in [0.1, 0.15) is 11.6 Å². The molecule has 120 valence electrons. The van der Waals surface area contributed by atoms with E-state index in [1.807, 2.05) is 0 Å². The van der Waals surface area contributed by atoms with E-state index in [0.29, 0.717) is 11.1 Å². The molecule has 0 aromatic heterocycles. The molecule has 0 heterocycles. The molecule has 6 nitrogen and oxygen atoms in total. The zero-order valence-corrected chi connectivity index (χ0v) is 13.2. The first-order valence-corrected chi connectivity index (χ1v) is 6.90. The Labute approximate surface area is 129 Å². The van der Waals surface area contributed by atoms with Crippen LogP contribution in [0.15, 0.2) is 24.3 Å². The number of carbonyl (C=O) groups is 3. The number of ketones is 1. The molecule has 0 saturated carbocycles. The number of hydrogen-bond acceptors (Lipinski definition) is 4. The zero-order valence-electron chi connectivity index (χ0n) is 13.2. The quantitative estimate of drug-likeness (QED) is 0.815. The van der Waals surface area contributed by atoms with Crippen molar-refractivity contribution in [1.82, 2.24) is 5.32 Å². The fraction of sp³-hybridized carbons (Fsp3) is 0.438. The number of amides is 1. The molecule has 0 bridgehead atoms. The average Bonchev–Trinajstić information content (AvgIpc) is 2.35. The van der Waals surface area contributed by atoms with E-state index >= 15 is 0 Å². The summed E-state index contributed by atoms with van der Waals surface area (Å²) in [4.78, 5) is 34.3. The summed E-state index contributed by atoms with van der Waals surface area (Å²) >= 11 is 0. The number of carbonyl (C=O) groups excluding carboxylic acids is 2. The van der Waals surface area contributed by atoms with Gasteiger partial charge >= 0.3 is 12.1 Å². The van der Waals surface area contributed by atoms with Gasteiger partial charge in [-0.2, -0.15) is 0 Å². The van der Waals surface area contributed by atoms with E-state index in [1.54, 1.807) is 45.0 Å². The van der Waals surface area contributed by atoms with Crippen LogP contribution in [-0.2, 0) is 16.0 Å². The largest absolute Gasteiger partial charge is 0.480 e. The van der Waals surface area contributed by atoms with E-state index in [0.717, 1.165) is 0 Å². The normalized spacial score (nSPS) is 12.4. The number of hydrogen-bond donors (Lipinski definition) is 2. The summed E-state index contributed by atoms with van der Waals surface area (Å²) in [5.41, 5.74) is 0.442. The highest BCUT2D eigenvalue weighted by molar-refractivity contribution is 5.94. The van der Waals surface area contributed by atoms with Crippen LogP contribution in [0.3, 0.4) is 0 Å². The molecule has 6 heteroatoms. The number of ether oxygens (including phenoxy) is 1. The van der Waals surface area contributed by atoms with Crippen molar-refractivity contribution >= 4 is 17.8 Å². The monoisotopic (exact) mass is 307 g/mol. The Balaban J connectivity index is 2.81. The second kappa shape index (κ2) is 7.06. The van der Waals surface area contributed by atoms with Crippen molar-refractivity contribution in [2.24, 2.45) is 0 Å². The van der Waals surface area contributed by atoms with Crippen molar-refractivity contribution in [3.63, 3.8) is 0 Å². The summed E-state index contributed by atoms with van der Waals surface area (Å²) in [7, 11) is 0. The average molecular weight is 307 g/mol. The summed E-state index contributed by atoms with van der Waals surface area (Å²) in [5.74, 6) is -1.27. The van der Waals surface area contributed by atoms with Gasteiger partial charge in [0.15, 0.2) is 5.78 Å².